The van der Waals surface area contributed by atoms with Crippen molar-refractivity contribution in [1.29, 1.82) is 0 Å². The highest BCUT2D eigenvalue weighted by Gasteiger charge is 2.22. The predicted molar refractivity (Wildman–Crippen MR) is 82.4 cm³/mol. The zero-order chi connectivity index (χ0) is 13.8. The second kappa shape index (κ2) is 6.66. The normalized spacial score (nSPS) is 23.3. The summed E-state index contributed by atoms with van der Waals surface area (Å²) in [5.41, 5.74) is 0.453. The lowest BCUT2D eigenvalue weighted by atomic mass is 9.95. The summed E-state index contributed by atoms with van der Waals surface area (Å²) in [6, 6.07) is 0.391. The lowest BCUT2D eigenvalue weighted by Gasteiger charge is -2.29. The summed E-state index contributed by atoms with van der Waals surface area (Å²) in [7, 11) is 0. The molecule has 0 amide bonds. The van der Waals surface area contributed by atoms with Crippen LogP contribution in [0.5, 0.6) is 0 Å². The largest absolute Gasteiger partial charge is 0.380 e. The minimum Gasteiger partial charge on any atom is -0.380 e. The molecule has 2 atom stereocenters. The van der Waals surface area contributed by atoms with Crippen LogP contribution in [0.4, 0.5) is 5.69 Å². The van der Waals surface area contributed by atoms with Crippen molar-refractivity contribution >= 4 is 29.1 Å². The van der Waals surface area contributed by atoms with Gasteiger partial charge in [-0.3, -0.25) is 4.79 Å². The molecule has 1 N–H and O–H groups in total. The highest BCUT2D eigenvalue weighted by molar-refractivity contribution is 7.99. The van der Waals surface area contributed by atoms with Crippen molar-refractivity contribution in [2.24, 2.45) is 0 Å². The van der Waals surface area contributed by atoms with Gasteiger partial charge in [0.05, 0.1) is 11.9 Å². The van der Waals surface area contributed by atoms with E-state index >= 15 is 0 Å². The molecule has 106 valence electrons. The van der Waals surface area contributed by atoms with Crippen LogP contribution in [0, 0.1) is 0 Å². The van der Waals surface area contributed by atoms with Crippen LogP contribution in [0.1, 0.15) is 32.6 Å². The Morgan fingerprint density at radius 2 is 2.37 bits per heavy atom. The van der Waals surface area contributed by atoms with Crippen molar-refractivity contribution < 1.29 is 0 Å². The molecule has 0 spiro atoms. The van der Waals surface area contributed by atoms with E-state index in [0.29, 0.717) is 23.5 Å². The Hall–Kier alpha value is -0.680. The van der Waals surface area contributed by atoms with Crippen LogP contribution in [-0.2, 0) is 6.54 Å². The minimum absolute atomic E-state index is 0.216. The first-order valence-electron chi connectivity index (χ1n) is 6.70. The fraction of sp³-hybridized carbons (Fsp3) is 0.692. The molecule has 1 aromatic heterocycles. The first kappa shape index (κ1) is 14.7. The van der Waals surface area contributed by atoms with E-state index in [4.69, 9.17) is 11.6 Å². The van der Waals surface area contributed by atoms with E-state index in [9.17, 15) is 4.79 Å². The summed E-state index contributed by atoms with van der Waals surface area (Å²) in [4.78, 5) is 11.9. The molecule has 1 saturated carbocycles. The van der Waals surface area contributed by atoms with Gasteiger partial charge in [-0.2, -0.15) is 16.9 Å². The molecule has 0 aliphatic heterocycles. The van der Waals surface area contributed by atoms with Crippen LogP contribution in [0.15, 0.2) is 11.0 Å². The molecular formula is C13H20ClN3OS. The fourth-order valence-corrected chi connectivity index (χ4v) is 3.53. The second-order valence-electron chi connectivity index (χ2n) is 4.86. The molecule has 2 rings (SSSR count). The molecule has 6 heteroatoms. The third-order valence-corrected chi connectivity index (χ3v) is 5.06. The quantitative estimate of drug-likeness (QED) is 0.928. The Morgan fingerprint density at radius 1 is 1.58 bits per heavy atom. The molecular weight excluding hydrogens is 282 g/mol. The Labute approximate surface area is 122 Å². The maximum absolute atomic E-state index is 11.9. The molecule has 0 aromatic carbocycles. The van der Waals surface area contributed by atoms with Gasteiger partial charge in [0.2, 0.25) is 0 Å². The average molecular weight is 302 g/mol. The molecule has 0 saturated heterocycles. The van der Waals surface area contributed by atoms with E-state index in [0.717, 1.165) is 12.8 Å². The summed E-state index contributed by atoms with van der Waals surface area (Å²) in [6.07, 6.45) is 8.57. The monoisotopic (exact) mass is 301 g/mol. The third-order valence-electron chi connectivity index (χ3n) is 3.60. The van der Waals surface area contributed by atoms with Crippen LogP contribution in [-0.4, -0.2) is 27.3 Å². The Morgan fingerprint density at radius 3 is 3.05 bits per heavy atom. The van der Waals surface area contributed by atoms with Crippen molar-refractivity contribution in [3.63, 3.8) is 0 Å². The number of hydrogen-bond acceptors (Lipinski definition) is 4. The summed E-state index contributed by atoms with van der Waals surface area (Å²) >= 11 is 8.04. The lowest BCUT2D eigenvalue weighted by Crippen LogP contribution is -2.30. The summed E-state index contributed by atoms with van der Waals surface area (Å²) in [6.45, 7) is 2.42. The number of rotatable bonds is 4. The average Bonchev–Trinajstić information content (AvgIpc) is 2.44. The lowest BCUT2D eigenvalue weighted by molar-refractivity contribution is 0.473. The fourth-order valence-electron chi connectivity index (χ4n) is 2.50. The topological polar surface area (TPSA) is 46.9 Å². The van der Waals surface area contributed by atoms with Crippen LogP contribution < -0.4 is 10.9 Å². The van der Waals surface area contributed by atoms with Gasteiger partial charge in [0.25, 0.3) is 5.56 Å². The molecule has 4 nitrogen and oxygen atoms in total. The Bertz CT molecular complexity index is 491. The Balaban J connectivity index is 2.11. The van der Waals surface area contributed by atoms with E-state index in [1.807, 2.05) is 18.7 Å². The van der Waals surface area contributed by atoms with Gasteiger partial charge in [-0.05, 0) is 32.4 Å². The number of thioether (sulfide) groups is 1. The number of anilines is 1. The maximum atomic E-state index is 11.9. The summed E-state index contributed by atoms with van der Waals surface area (Å²) in [5, 5.41) is 8.45. The van der Waals surface area contributed by atoms with E-state index < -0.39 is 0 Å². The van der Waals surface area contributed by atoms with Gasteiger partial charge in [0, 0.05) is 17.8 Å². The van der Waals surface area contributed by atoms with Crippen LogP contribution in [0.25, 0.3) is 0 Å². The van der Waals surface area contributed by atoms with Crippen LogP contribution >= 0.6 is 23.4 Å². The number of aromatic nitrogens is 2. The molecule has 0 radical (unpaired) electrons. The van der Waals surface area contributed by atoms with Gasteiger partial charge in [0.1, 0.15) is 5.02 Å². The number of aryl methyl sites for hydroxylation is 1. The zero-order valence-electron chi connectivity index (χ0n) is 11.4. The molecule has 1 aliphatic carbocycles. The predicted octanol–water partition coefficient (Wildman–Crippen LogP) is 3.00. The number of hydrogen-bond donors (Lipinski definition) is 1. The van der Waals surface area contributed by atoms with Crippen molar-refractivity contribution in [2.75, 3.05) is 11.6 Å². The summed E-state index contributed by atoms with van der Waals surface area (Å²) in [5.74, 6) is 0. The first-order chi connectivity index (χ1) is 9.15. The summed E-state index contributed by atoms with van der Waals surface area (Å²) < 4.78 is 1.37. The van der Waals surface area contributed by atoms with Crippen LogP contribution in [0.2, 0.25) is 5.02 Å². The zero-order valence-corrected chi connectivity index (χ0v) is 12.9. The van der Waals surface area contributed by atoms with E-state index in [-0.39, 0.29) is 10.6 Å². The highest BCUT2D eigenvalue weighted by Crippen LogP contribution is 2.29. The number of nitrogens with zero attached hydrogens (tertiary/aromatic N) is 2. The maximum Gasteiger partial charge on any atom is 0.287 e. The van der Waals surface area contributed by atoms with Gasteiger partial charge in [0.15, 0.2) is 0 Å². The van der Waals surface area contributed by atoms with Gasteiger partial charge in [-0.15, -0.1) is 0 Å². The molecule has 1 aromatic rings. The van der Waals surface area contributed by atoms with Crippen molar-refractivity contribution in [1.82, 2.24) is 9.78 Å². The standard InChI is InChI=1S/C13H20ClN3OS/c1-3-17-13(18)12(14)11(8-15-17)16-9-5-4-6-10(7-9)19-2/h8-10,16H,3-7H2,1-2H3. The van der Waals surface area contributed by atoms with E-state index in [1.165, 1.54) is 17.5 Å². The van der Waals surface area contributed by atoms with E-state index in [2.05, 4.69) is 16.7 Å². The SMILES string of the molecule is CCn1ncc(NC2CCCC(SC)C2)c(Cl)c1=O. The molecule has 1 aliphatic rings. The second-order valence-corrected chi connectivity index (χ2v) is 6.37. The smallest absolute Gasteiger partial charge is 0.287 e. The Kier molecular flexibility index (Phi) is 5.16. The molecule has 1 fully saturated rings. The van der Waals surface area contributed by atoms with Gasteiger partial charge < -0.3 is 5.32 Å². The van der Waals surface area contributed by atoms with Crippen LogP contribution in [0.3, 0.4) is 0 Å². The van der Waals surface area contributed by atoms with Gasteiger partial charge in [-0.1, -0.05) is 18.0 Å². The van der Waals surface area contributed by atoms with Crippen molar-refractivity contribution in [3.05, 3.63) is 21.6 Å². The molecule has 19 heavy (non-hydrogen) atoms. The third kappa shape index (κ3) is 3.45. The van der Waals surface area contributed by atoms with Crippen molar-refractivity contribution in [3.8, 4) is 0 Å². The minimum atomic E-state index is -0.216. The number of halogens is 1. The molecule has 0 bridgehead atoms. The number of nitrogens with one attached hydrogen (secondary N) is 1. The van der Waals surface area contributed by atoms with Gasteiger partial charge >= 0.3 is 0 Å². The first-order valence-corrected chi connectivity index (χ1v) is 8.37. The van der Waals surface area contributed by atoms with E-state index in [1.54, 1.807) is 6.20 Å². The van der Waals surface area contributed by atoms with Gasteiger partial charge in [-0.25, -0.2) is 4.68 Å². The molecule has 2 unspecified atom stereocenters. The molecule has 1 heterocycles. The highest BCUT2D eigenvalue weighted by atomic mass is 35.5. The van der Waals surface area contributed by atoms with Crippen molar-refractivity contribution in [2.45, 2.75) is 50.4 Å².